The van der Waals surface area contributed by atoms with E-state index in [1.54, 1.807) is 7.11 Å². The summed E-state index contributed by atoms with van der Waals surface area (Å²) < 4.78 is 8.01. The monoisotopic (exact) mass is 386 g/mol. The van der Waals surface area contributed by atoms with E-state index in [2.05, 4.69) is 31.4 Å². The van der Waals surface area contributed by atoms with Gasteiger partial charge < -0.3 is 9.14 Å². The first-order chi connectivity index (χ1) is 11.6. The number of nitrogens with one attached hydrogen (secondary N) is 1. The second kappa shape index (κ2) is 6.84. The van der Waals surface area contributed by atoms with Crippen LogP contribution < -0.4 is 10.2 Å². The summed E-state index contributed by atoms with van der Waals surface area (Å²) in [5.74, 6) is 0.307. The molecule has 0 aliphatic heterocycles. The van der Waals surface area contributed by atoms with Crippen molar-refractivity contribution in [2.75, 3.05) is 7.11 Å². The average Bonchev–Trinajstić information content (AvgIpc) is 2.92. The normalized spacial score (nSPS) is 11.1. The van der Waals surface area contributed by atoms with Crippen molar-refractivity contribution in [3.8, 4) is 5.75 Å². The number of hydrazone groups is 1. The number of nitrogens with zero attached hydrogens (tertiary/aromatic N) is 3. The van der Waals surface area contributed by atoms with Gasteiger partial charge in [-0.15, -0.1) is 0 Å². The van der Waals surface area contributed by atoms with E-state index >= 15 is 0 Å². The van der Waals surface area contributed by atoms with Crippen LogP contribution >= 0.6 is 15.9 Å². The van der Waals surface area contributed by atoms with Crippen LogP contribution in [0.25, 0.3) is 5.65 Å². The second-order valence-electron chi connectivity index (χ2n) is 5.06. The molecule has 0 aliphatic rings. The zero-order valence-corrected chi connectivity index (χ0v) is 14.7. The van der Waals surface area contributed by atoms with Crippen molar-refractivity contribution >= 4 is 33.7 Å². The van der Waals surface area contributed by atoms with E-state index in [0.717, 1.165) is 21.4 Å². The summed E-state index contributed by atoms with van der Waals surface area (Å²) in [7, 11) is 1.58. The Labute approximate surface area is 147 Å². The SMILES string of the molecule is COc1ccc(Br)cc1/C=N/NC(=O)c1nc2ccccn2c1C. The highest BCUT2D eigenvalue weighted by Crippen LogP contribution is 2.21. The van der Waals surface area contributed by atoms with Crippen LogP contribution in [0, 0.1) is 6.92 Å². The molecule has 2 aromatic heterocycles. The topological polar surface area (TPSA) is 68.0 Å². The smallest absolute Gasteiger partial charge is 0.291 e. The fourth-order valence-electron chi connectivity index (χ4n) is 2.35. The molecule has 0 fully saturated rings. The third-order valence-electron chi connectivity index (χ3n) is 3.55. The van der Waals surface area contributed by atoms with Crippen molar-refractivity contribution in [1.29, 1.82) is 0 Å². The minimum atomic E-state index is -0.360. The summed E-state index contributed by atoms with van der Waals surface area (Å²) in [5.41, 5.74) is 5.08. The van der Waals surface area contributed by atoms with E-state index in [-0.39, 0.29) is 5.91 Å². The number of benzene rings is 1. The highest BCUT2D eigenvalue weighted by atomic mass is 79.9. The van der Waals surface area contributed by atoms with E-state index in [4.69, 9.17) is 4.74 Å². The number of aromatic nitrogens is 2. The Morgan fingerprint density at radius 1 is 1.38 bits per heavy atom. The molecule has 0 aliphatic carbocycles. The first kappa shape index (κ1) is 16.2. The number of amides is 1. The van der Waals surface area contributed by atoms with Crippen LogP contribution in [0.2, 0.25) is 0 Å². The molecule has 0 bridgehead atoms. The third kappa shape index (κ3) is 3.16. The van der Waals surface area contributed by atoms with Crippen molar-refractivity contribution in [2.24, 2.45) is 5.10 Å². The molecular weight excluding hydrogens is 372 g/mol. The van der Waals surface area contributed by atoms with E-state index < -0.39 is 0 Å². The first-order valence-electron chi connectivity index (χ1n) is 7.21. The molecule has 24 heavy (non-hydrogen) atoms. The van der Waals surface area contributed by atoms with Gasteiger partial charge >= 0.3 is 0 Å². The fraction of sp³-hybridized carbons (Fsp3) is 0.118. The van der Waals surface area contributed by atoms with Crippen molar-refractivity contribution in [1.82, 2.24) is 14.8 Å². The summed E-state index contributed by atoms with van der Waals surface area (Å²) in [6, 6.07) is 11.2. The zero-order chi connectivity index (χ0) is 17.1. The number of fused-ring (bicyclic) bond motifs is 1. The number of carbonyl (C=O) groups is 1. The molecule has 2 heterocycles. The van der Waals surface area contributed by atoms with E-state index in [1.165, 1.54) is 6.21 Å². The second-order valence-corrected chi connectivity index (χ2v) is 5.98. The predicted octanol–water partition coefficient (Wildman–Crippen LogP) is 3.18. The van der Waals surface area contributed by atoms with Gasteiger partial charge in [0.1, 0.15) is 11.4 Å². The standard InChI is InChI=1S/C17H15BrN4O2/c1-11-16(20-15-5-3-4-8-22(11)15)17(23)21-19-10-12-9-13(18)6-7-14(12)24-2/h3-10H,1-2H3,(H,21,23)/b19-10+. The highest BCUT2D eigenvalue weighted by Gasteiger charge is 2.14. The summed E-state index contributed by atoms with van der Waals surface area (Å²) in [6.45, 7) is 1.84. The molecule has 0 radical (unpaired) electrons. The van der Waals surface area contributed by atoms with Crippen LogP contribution in [-0.4, -0.2) is 28.6 Å². The summed E-state index contributed by atoms with van der Waals surface area (Å²) in [6.07, 6.45) is 3.40. The molecule has 0 spiro atoms. The number of hydrogen-bond donors (Lipinski definition) is 1. The van der Waals surface area contributed by atoms with Crippen LogP contribution in [0.1, 0.15) is 21.7 Å². The number of aryl methyl sites for hydroxylation is 1. The Morgan fingerprint density at radius 2 is 2.21 bits per heavy atom. The van der Waals surface area contributed by atoms with Gasteiger partial charge in [0, 0.05) is 16.2 Å². The number of imidazole rings is 1. The number of methoxy groups -OCH3 is 1. The molecule has 0 saturated heterocycles. The fourth-order valence-corrected chi connectivity index (χ4v) is 2.73. The molecule has 0 unspecified atom stereocenters. The van der Waals surface area contributed by atoms with Crippen molar-refractivity contribution in [3.05, 3.63) is 64.0 Å². The molecule has 6 nitrogen and oxygen atoms in total. The number of pyridine rings is 1. The number of halogens is 1. The van der Waals surface area contributed by atoms with Crippen molar-refractivity contribution < 1.29 is 9.53 Å². The van der Waals surface area contributed by atoms with Crippen LogP contribution in [0.3, 0.4) is 0 Å². The molecule has 0 saturated carbocycles. The van der Waals surface area contributed by atoms with Gasteiger partial charge in [-0.25, -0.2) is 10.4 Å². The maximum absolute atomic E-state index is 12.3. The lowest BCUT2D eigenvalue weighted by Gasteiger charge is -2.04. The minimum absolute atomic E-state index is 0.347. The van der Waals surface area contributed by atoms with E-state index in [1.807, 2.05) is 53.9 Å². The molecule has 1 amide bonds. The number of rotatable bonds is 4. The van der Waals surface area contributed by atoms with Crippen molar-refractivity contribution in [3.63, 3.8) is 0 Å². The minimum Gasteiger partial charge on any atom is -0.496 e. The number of hydrogen-bond acceptors (Lipinski definition) is 4. The number of carbonyl (C=O) groups excluding carboxylic acids is 1. The van der Waals surface area contributed by atoms with Gasteiger partial charge in [0.25, 0.3) is 5.91 Å². The van der Waals surface area contributed by atoms with Gasteiger partial charge in [0.15, 0.2) is 5.69 Å². The van der Waals surface area contributed by atoms with Gasteiger partial charge in [-0.2, -0.15) is 5.10 Å². The predicted molar refractivity (Wildman–Crippen MR) is 95.7 cm³/mol. The Bertz CT molecular complexity index is 933. The Morgan fingerprint density at radius 3 is 2.96 bits per heavy atom. The van der Waals surface area contributed by atoms with Crippen molar-refractivity contribution in [2.45, 2.75) is 6.92 Å². The quantitative estimate of drug-likeness (QED) is 0.552. The molecule has 1 aromatic carbocycles. The van der Waals surface area contributed by atoms with Gasteiger partial charge in [-0.05, 0) is 37.3 Å². The molecule has 122 valence electrons. The Balaban J connectivity index is 1.80. The van der Waals surface area contributed by atoms with Gasteiger partial charge in [0.05, 0.1) is 19.0 Å². The molecule has 3 aromatic rings. The number of ether oxygens (including phenoxy) is 1. The van der Waals surface area contributed by atoms with Crippen LogP contribution in [0.15, 0.2) is 52.2 Å². The third-order valence-corrected chi connectivity index (χ3v) is 4.04. The lowest BCUT2D eigenvalue weighted by molar-refractivity contribution is 0.0950. The molecule has 7 heteroatoms. The highest BCUT2D eigenvalue weighted by molar-refractivity contribution is 9.10. The van der Waals surface area contributed by atoms with Crippen LogP contribution in [0.5, 0.6) is 5.75 Å². The molecule has 3 rings (SSSR count). The average molecular weight is 387 g/mol. The van der Waals surface area contributed by atoms with Gasteiger partial charge in [0.2, 0.25) is 0 Å². The van der Waals surface area contributed by atoms with E-state index in [9.17, 15) is 4.79 Å². The van der Waals surface area contributed by atoms with Crippen LogP contribution in [0.4, 0.5) is 0 Å². The summed E-state index contributed by atoms with van der Waals surface area (Å²) in [5, 5.41) is 4.00. The first-order valence-corrected chi connectivity index (χ1v) is 8.00. The maximum atomic E-state index is 12.3. The Kier molecular flexibility index (Phi) is 4.61. The Hall–Kier alpha value is -2.67. The van der Waals surface area contributed by atoms with Gasteiger partial charge in [-0.1, -0.05) is 22.0 Å². The summed E-state index contributed by atoms with van der Waals surface area (Å²) >= 11 is 3.39. The molecule has 0 atom stereocenters. The van der Waals surface area contributed by atoms with E-state index in [0.29, 0.717) is 11.4 Å². The molecule has 1 N–H and O–H groups in total. The lowest BCUT2D eigenvalue weighted by Crippen LogP contribution is -2.19. The maximum Gasteiger partial charge on any atom is 0.291 e. The van der Waals surface area contributed by atoms with Gasteiger partial charge in [-0.3, -0.25) is 4.79 Å². The molecular formula is C17H15BrN4O2. The summed E-state index contributed by atoms with van der Waals surface area (Å²) in [4.78, 5) is 16.6. The zero-order valence-electron chi connectivity index (χ0n) is 13.2. The largest absolute Gasteiger partial charge is 0.496 e. The lowest BCUT2D eigenvalue weighted by atomic mass is 10.2. The van der Waals surface area contributed by atoms with Crippen LogP contribution in [-0.2, 0) is 0 Å².